The van der Waals surface area contributed by atoms with Crippen LogP contribution in [0.2, 0.25) is 0 Å². The van der Waals surface area contributed by atoms with Crippen LogP contribution >= 0.6 is 0 Å². The van der Waals surface area contributed by atoms with Crippen LogP contribution in [0.3, 0.4) is 0 Å². The minimum absolute atomic E-state index is 0.535. The van der Waals surface area contributed by atoms with Crippen LogP contribution in [0.5, 0.6) is 5.88 Å². The number of nitrogens with zero attached hydrogens (tertiary/aromatic N) is 1. The van der Waals surface area contributed by atoms with Crippen molar-refractivity contribution in [2.24, 2.45) is 11.8 Å². The summed E-state index contributed by atoms with van der Waals surface area (Å²) in [5.41, 5.74) is 6.47. The van der Waals surface area contributed by atoms with E-state index in [4.69, 9.17) is 15.2 Å². The topological polar surface area (TPSA) is 69.4 Å². The maximum absolute atomic E-state index is 5.88. The van der Waals surface area contributed by atoms with E-state index in [0.29, 0.717) is 30.0 Å². The number of rotatable bonds is 10. The molecule has 0 atom stereocenters. The molecule has 0 unspecified atom stereocenters. The lowest BCUT2D eigenvalue weighted by atomic mass is 10.1. The molecular weight excluding hydrogens is 266 g/mol. The molecule has 1 aliphatic rings. The molecule has 3 N–H and O–H groups in total. The van der Waals surface area contributed by atoms with Crippen LogP contribution in [0.15, 0.2) is 12.1 Å². The molecule has 0 amide bonds. The van der Waals surface area contributed by atoms with Crippen molar-refractivity contribution in [3.8, 4) is 5.88 Å². The van der Waals surface area contributed by atoms with Crippen molar-refractivity contribution >= 4 is 11.5 Å². The summed E-state index contributed by atoms with van der Waals surface area (Å²) in [7, 11) is 0. The number of ether oxygens (including phenoxy) is 2. The summed E-state index contributed by atoms with van der Waals surface area (Å²) in [5.74, 6) is 2.69. The Morgan fingerprint density at radius 3 is 2.86 bits per heavy atom. The van der Waals surface area contributed by atoms with Crippen molar-refractivity contribution in [2.45, 2.75) is 33.1 Å². The van der Waals surface area contributed by atoms with Gasteiger partial charge in [0.1, 0.15) is 5.82 Å². The average Bonchev–Trinajstić information content (AvgIpc) is 3.26. The third-order valence-corrected chi connectivity index (χ3v) is 3.43. The molecule has 21 heavy (non-hydrogen) atoms. The fourth-order valence-corrected chi connectivity index (χ4v) is 1.82. The van der Waals surface area contributed by atoms with Gasteiger partial charge >= 0.3 is 0 Å². The van der Waals surface area contributed by atoms with Crippen LogP contribution in [0.25, 0.3) is 0 Å². The van der Waals surface area contributed by atoms with E-state index in [2.05, 4.69) is 24.1 Å². The van der Waals surface area contributed by atoms with Crippen LogP contribution in [0, 0.1) is 11.8 Å². The maximum atomic E-state index is 5.88. The molecule has 1 aromatic heterocycles. The molecular formula is C16H27N3O2. The quantitative estimate of drug-likeness (QED) is 0.649. The Kier molecular flexibility index (Phi) is 6.11. The average molecular weight is 293 g/mol. The van der Waals surface area contributed by atoms with Crippen molar-refractivity contribution < 1.29 is 9.47 Å². The monoisotopic (exact) mass is 293 g/mol. The summed E-state index contributed by atoms with van der Waals surface area (Å²) in [6, 6.07) is 3.70. The summed E-state index contributed by atoms with van der Waals surface area (Å²) in [5, 5.41) is 3.23. The number of hydrogen-bond donors (Lipinski definition) is 2. The minimum atomic E-state index is 0.535. The second kappa shape index (κ2) is 8.08. The zero-order chi connectivity index (χ0) is 15.1. The third-order valence-electron chi connectivity index (χ3n) is 3.43. The molecule has 0 bridgehead atoms. The van der Waals surface area contributed by atoms with Gasteiger partial charge < -0.3 is 20.5 Å². The minimum Gasteiger partial charge on any atom is -0.476 e. The van der Waals surface area contributed by atoms with Gasteiger partial charge in [-0.15, -0.1) is 0 Å². The van der Waals surface area contributed by atoms with Gasteiger partial charge in [-0.05, 0) is 43.2 Å². The number of aromatic nitrogens is 1. The highest BCUT2D eigenvalue weighted by Crippen LogP contribution is 2.30. The van der Waals surface area contributed by atoms with Gasteiger partial charge in [0.05, 0.1) is 18.9 Å². The summed E-state index contributed by atoms with van der Waals surface area (Å²) in [6.07, 6.45) is 3.61. The van der Waals surface area contributed by atoms with Gasteiger partial charge in [0.15, 0.2) is 0 Å². The molecule has 0 aliphatic heterocycles. The fourth-order valence-electron chi connectivity index (χ4n) is 1.82. The smallest absolute Gasteiger partial charge is 0.239 e. The highest BCUT2D eigenvalue weighted by Gasteiger charge is 2.22. The van der Waals surface area contributed by atoms with Crippen LogP contribution in [0.1, 0.15) is 33.1 Å². The number of nitrogen functional groups attached to an aromatic ring is 1. The first-order valence-corrected chi connectivity index (χ1v) is 7.86. The van der Waals surface area contributed by atoms with E-state index in [0.717, 1.165) is 32.0 Å². The lowest BCUT2D eigenvalue weighted by Crippen LogP contribution is -2.12. The SMILES string of the molecule is CC(C)CCOCCNc1ccc(N)c(OCC2CC2)n1. The molecule has 1 aromatic rings. The number of anilines is 2. The lowest BCUT2D eigenvalue weighted by molar-refractivity contribution is 0.132. The summed E-state index contributed by atoms with van der Waals surface area (Å²) in [4.78, 5) is 4.40. The van der Waals surface area contributed by atoms with E-state index in [1.807, 2.05) is 12.1 Å². The maximum Gasteiger partial charge on any atom is 0.239 e. The fraction of sp³-hybridized carbons (Fsp3) is 0.688. The molecule has 2 rings (SSSR count). The number of pyridine rings is 1. The Morgan fingerprint density at radius 1 is 1.33 bits per heavy atom. The Labute approximate surface area is 127 Å². The van der Waals surface area contributed by atoms with E-state index in [9.17, 15) is 0 Å². The normalized spacial score (nSPS) is 14.4. The van der Waals surface area contributed by atoms with Gasteiger partial charge in [-0.2, -0.15) is 4.98 Å². The Hall–Kier alpha value is -1.49. The van der Waals surface area contributed by atoms with E-state index in [1.165, 1.54) is 12.8 Å². The summed E-state index contributed by atoms with van der Waals surface area (Å²) >= 11 is 0. The first-order valence-electron chi connectivity index (χ1n) is 7.86. The Bertz CT molecular complexity index is 434. The van der Waals surface area contributed by atoms with Gasteiger partial charge in [-0.1, -0.05) is 13.8 Å². The largest absolute Gasteiger partial charge is 0.476 e. The Balaban J connectivity index is 1.68. The number of nitrogens with two attached hydrogens (primary N) is 1. The van der Waals surface area contributed by atoms with Gasteiger partial charge in [-0.3, -0.25) is 0 Å². The summed E-state index contributed by atoms with van der Waals surface area (Å²) in [6.45, 7) is 7.34. The van der Waals surface area contributed by atoms with Crippen molar-refractivity contribution in [3.63, 3.8) is 0 Å². The van der Waals surface area contributed by atoms with Gasteiger partial charge in [-0.25, -0.2) is 0 Å². The van der Waals surface area contributed by atoms with E-state index < -0.39 is 0 Å². The lowest BCUT2D eigenvalue weighted by Gasteiger charge is -2.11. The first kappa shape index (κ1) is 15.9. The zero-order valence-electron chi connectivity index (χ0n) is 13.1. The highest BCUT2D eigenvalue weighted by molar-refractivity contribution is 5.53. The second-order valence-corrected chi connectivity index (χ2v) is 6.07. The highest BCUT2D eigenvalue weighted by atomic mass is 16.5. The third kappa shape index (κ3) is 6.21. The van der Waals surface area contributed by atoms with Gasteiger partial charge in [0.2, 0.25) is 5.88 Å². The first-order chi connectivity index (χ1) is 10.1. The van der Waals surface area contributed by atoms with E-state index in [-0.39, 0.29) is 0 Å². The van der Waals surface area contributed by atoms with Crippen LogP contribution in [0.4, 0.5) is 11.5 Å². The predicted octanol–water partition coefficient (Wildman–Crippen LogP) is 2.93. The van der Waals surface area contributed by atoms with Crippen LogP contribution in [-0.4, -0.2) is 31.3 Å². The van der Waals surface area contributed by atoms with Crippen LogP contribution in [-0.2, 0) is 4.74 Å². The number of hydrogen-bond acceptors (Lipinski definition) is 5. The standard InChI is InChI=1S/C16H27N3O2/c1-12(2)7-9-20-10-8-18-15-6-5-14(17)16(19-15)21-11-13-3-4-13/h5-6,12-13H,3-4,7-11,17H2,1-2H3,(H,18,19). The molecule has 0 saturated heterocycles. The van der Waals surface area contributed by atoms with Crippen LogP contribution < -0.4 is 15.8 Å². The summed E-state index contributed by atoms with van der Waals surface area (Å²) < 4.78 is 11.2. The molecule has 5 nitrogen and oxygen atoms in total. The molecule has 1 heterocycles. The molecule has 0 radical (unpaired) electrons. The second-order valence-electron chi connectivity index (χ2n) is 6.07. The Morgan fingerprint density at radius 2 is 2.14 bits per heavy atom. The van der Waals surface area contributed by atoms with E-state index in [1.54, 1.807) is 0 Å². The molecule has 1 fully saturated rings. The van der Waals surface area contributed by atoms with E-state index >= 15 is 0 Å². The zero-order valence-corrected chi connectivity index (χ0v) is 13.1. The van der Waals surface area contributed by atoms with Gasteiger partial charge in [0, 0.05) is 13.2 Å². The predicted molar refractivity (Wildman–Crippen MR) is 85.6 cm³/mol. The number of nitrogens with one attached hydrogen (secondary N) is 1. The molecule has 0 aromatic carbocycles. The molecule has 118 valence electrons. The van der Waals surface area contributed by atoms with Crippen molar-refractivity contribution in [3.05, 3.63) is 12.1 Å². The van der Waals surface area contributed by atoms with Gasteiger partial charge in [0.25, 0.3) is 0 Å². The molecule has 1 aliphatic carbocycles. The molecule has 0 spiro atoms. The molecule has 5 heteroatoms. The van der Waals surface area contributed by atoms with Crippen molar-refractivity contribution in [1.82, 2.24) is 4.98 Å². The van der Waals surface area contributed by atoms with Crippen molar-refractivity contribution in [2.75, 3.05) is 37.4 Å². The molecule has 1 saturated carbocycles. The van der Waals surface area contributed by atoms with Crippen molar-refractivity contribution in [1.29, 1.82) is 0 Å².